The largest absolute Gasteiger partial charge is 0.377 e. The number of ether oxygens (including phenoxy) is 1. The van der Waals surface area contributed by atoms with Crippen LogP contribution in [0.2, 0.25) is 0 Å². The van der Waals surface area contributed by atoms with Crippen molar-refractivity contribution in [2.75, 3.05) is 30.0 Å². The number of carbonyl (C=O) groups excluding carboxylic acids is 1. The second kappa shape index (κ2) is 7.61. The average Bonchev–Trinajstić information content (AvgIpc) is 3.40. The van der Waals surface area contributed by atoms with E-state index in [1.165, 1.54) is 0 Å². The molecule has 0 radical (unpaired) electrons. The Kier molecular flexibility index (Phi) is 4.81. The van der Waals surface area contributed by atoms with E-state index in [1.807, 2.05) is 24.3 Å². The third-order valence-electron chi connectivity index (χ3n) is 5.63. The zero-order valence-corrected chi connectivity index (χ0v) is 16.6. The Bertz CT molecular complexity index is 912. The van der Waals surface area contributed by atoms with E-state index in [-0.39, 0.29) is 12.1 Å². The first-order valence-corrected chi connectivity index (χ1v) is 10.3. The van der Waals surface area contributed by atoms with Crippen molar-refractivity contribution < 1.29 is 9.53 Å². The van der Waals surface area contributed by atoms with Crippen molar-refractivity contribution in [3.05, 3.63) is 35.5 Å². The molecule has 3 N–H and O–H groups in total. The van der Waals surface area contributed by atoms with Gasteiger partial charge in [-0.25, -0.2) is 14.8 Å². The molecule has 2 aromatic rings. The van der Waals surface area contributed by atoms with Crippen LogP contribution in [-0.2, 0) is 17.8 Å². The van der Waals surface area contributed by atoms with Gasteiger partial charge in [0.25, 0.3) is 0 Å². The van der Waals surface area contributed by atoms with Crippen LogP contribution in [0.4, 0.5) is 16.4 Å². The quantitative estimate of drug-likeness (QED) is 0.737. The summed E-state index contributed by atoms with van der Waals surface area (Å²) in [5.41, 5.74) is 4.99. The lowest BCUT2D eigenvalue weighted by atomic mass is 10.1. The van der Waals surface area contributed by atoms with Crippen LogP contribution in [0.1, 0.15) is 31.0 Å². The third-order valence-corrected chi connectivity index (χ3v) is 5.63. The number of morpholine rings is 1. The molecule has 1 atom stereocenters. The number of hydrogen-bond donors (Lipinski definition) is 3. The molecular formula is C21H26N6O2. The summed E-state index contributed by atoms with van der Waals surface area (Å²) in [4.78, 5) is 24.0. The lowest BCUT2D eigenvalue weighted by molar-refractivity contribution is 0.0981. The van der Waals surface area contributed by atoms with E-state index in [0.717, 1.165) is 66.6 Å². The maximum absolute atomic E-state index is 12.0. The van der Waals surface area contributed by atoms with Crippen LogP contribution in [-0.4, -0.2) is 47.8 Å². The molecule has 152 valence electrons. The molecular weight excluding hydrogens is 368 g/mol. The summed E-state index contributed by atoms with van der Waals surface area (Å²) in [6, 6.07) is 8.33. The Labute approximate surface area is 170 Å². The topological polar surface area (TPSA) is 91.4 Å². The molecule has 0 spiro atoms. The average molecular weight is 394 g/mol. The molecule has 1 aliphatic carbocycles. The molecule has 1 saturated heterocycles. The first kappa shape index (κ1) is 18.3. The summed E-state index contributed by atoms with van der Waals surface area (Å²) in [6.07, 6.45) is 2.15. The molecule has 2 amide bonds. The minimum Gasteiger partial charge on any atom is -0.377 e. The van der Waals surface area contributed by atoms with E-state index in [4.69, 9.17) is 14.7 Å². The van der Waals surface area contributed by atoms with Crippen LogP contribution < -0.4 is 20.9 Å². The Morgan fingerprint density at radius 3 is 2.79 bits per heavy atom. The number of aromatic nitrogens is 2. The zero-order valence-electron chi connectivity index (χ0n) is 16.6. The van der Waals surface area contributed by atoms with Crippen LogP contribution in [0.5, 0.6) is 0 Å². The number of amides is 2. The fourth-order valence-corrected chi connectivity index (χ4v) is 3.84. The van der Waals surface area contributed by atoms with E-state index in [0.29, 0.717) is 19.3 Å². The highest BCUT2D eigenvalue weighted by atomic mass is 16.5. The molecule has 1 aromatic heterocycles. The lowest BCUT2D eigenvalue weighted by Gasteiger charge is -2.33. The van der Waals surface area contributed by atoms with E-state index in [1.54, 1.807) is 0 Å². The van der Waals surface area contributed by atoms with Crippen molar-refractivity contribution in [1.29, 1.82) is 0 Å². The van der Waals surface area contributed by atoms with E-state index < -0.39 is 0 Å². The number of carbonyl (C=O) groups is 1. The standard InChI is InChI=1S/C21H26N6O2/c1-13-12-29-9-8-27(13)20-25-18-11-22-10-17(18)19(26-20)14-2-4-15(5-3-14)23-21(28)24-16-6-7-16/h2-5,13,16,22H,6-12H2,1H3,(H2,23,24,28)/t13-/m1/s1. The second-order valence-corrected chi connectivity index (χ2v) is 7.97. The Morgan fingerprint density at radius 2 is 2.03 bits per heavy atom. The second-order valence-electron chi connectivity index (χ2n) is 7.97. The number of fused-ring (bicyclic) bond motifs is 1. The van der Waals surface area contributed by atoms with Gasteiger partial charge in [-0.1, -0.05) is 12.1 Å². The molecule has 3 aliphatic rings. The SMILES string of the molecule is C[C@@H]1COCCN1c1nc2c(c(-c3ccc(NC(=O)NC4CC4)cc3)n1)CNC2. The summed E-state index contributed by atoms with van der Waals surface area (Å²) >= 11 is 0. The van der Waals surface area contributed by atoms with Crippen molar-refractivity contribution >= 4 is 17.7 Å². The maximum Gasteiger partial charge on any atom is 0.319 e. The third kappa shape index (κ3) is 3.90. The van der Waals surface area contributed by atoms with E-state index in [2.05, 4.69) is 27.8 Å². The fraction of sp³-hybridized carbons (Fsp3) is 0.476. The van der Waals surface area contributed by atoms with Gasteiger partial charge in [0.05, 0.1) is 30.6 Å². The number of urea groups is 1. The smallest absolute Gasteiger partial charge is 0.319 e. The van der Waals surface area contributed by atoms with Gasteiger partial charge in [0, 0.05) is 42.5 Å². The normalized spacial score (nSPS) is 21.0. The molecule has 8 nitrogen and oxygen atoms in total. The first-order valence-electron chi connectivity index (χ1n) is 10.3. The van der Waals surface area contributed by atoms with Crippen molar-refractivity contribution in [2.45, 2.75) is 44.9 Å². The van der Waals surface area contributed by atoms with Gasteiger partial charge >= 0.3 is 6.03 Å². The first-order chi connectivity index (χ1) is 14.2. The Hall–Kier alpha value is -2.71. The highest BCUT2D eigenvalue weighted by Crippen LogP contribution is 2.30. The highest BCUT2D eigenvalue weighted by molar-refractivity contribution is 5.90. The predicted molar refractivity (Wildman–Crippen MR) is 111 cm³/mol. The van der Waals surface area contributed by atoms with Crippen molar-refractivity contribution in [3.63, 3.8) is 0 Å². The summed E-state index contributed by atoms with van der Waals surface area (Å²) in [5.74, 6) is 0.768. The number of hydrogen-bond acceptors (Lipinski definition) is 6. The number of anilines is 2. The summed E-state index contributed by atoms with van der Waals surface area (Å²) in [7, 11) is 0. The van der Waals surface area contributed by atoms with Gasteiger partial charge in [-0.3, -0.25) is 0 Å². The van der Waals surface area contributed by atoms with Crippen molar-refractivity contribution in [1.82, 2.24) is 20.6 Å². The minimum absolute atomic E-state index is 0.143. The van der Waals surface area contributed by atoms with Gasteiger partial charge < -0.3 is 25.6 Å². The Morgan fingerprint density at radius 1 is 1.21 bits per heavy atom. The van der Waals surface area contributed by atoms with Gasteiger partial charge in [0.2, 0.25) is 5.95 Å². The van der Waals surface area contributed by atoms with Gasteiger partial charge in [-0.15, -0.1) is 0 Å². The number of rotatable bonds is 4. The maximum atomic E-state index is 12.0. The van der Waals surface area contributed by atoms with Gasteiger partial charge in [0.1, 0.15) is 0 Å². The molecule has 2 fully saturated rings. The predicted octanol–water partition coefficient (Wildman–Crippen LogP) is 2.26. The Balaban J connectivity index is 1.41. The van der Waals surface area contributed by atoms with Crippen molar-refractivity contribution in [3.8, 4) is 11.3 Å². The molecule has 1 saturated carbocycles. The monoisotopic (exact) mass is 394 g/mol. The molecule has 8 heteroatoms. The summed E-state index contributed by atoms with van der Waals surface area (Å²) in [5, 5.41) is 9.22. The van der Waals surface area contributed by atoms with E-state index in [9.17, 15) is 4.79 Å². The van der Waals surface area contributed by atoms with Crippen LogP contribution in [0.3, 0.4) is 0 Å². The summed E-state index contributed by atoms with van der Waals surface area (Å²) < 4.78 is 5.56. The molecule has 0 unspecified atom stereocenters. The van der Waals surface area contributed by atoms with Crippen molar-refractivity contribution in [2.24, 2.45) is 0 Å². The molecule has 0 bridgehead atoms. The number of nitrogens with one attached hydrogen (secondary N) is 3. The highest BCUT2D eigenvalue weighted by Gasteiger charge is 2.26. The molecule has 5 rings (SSSR count). The minimum atomic E-state index is -0.143. The lowest BCUT2D eigenvalue weighted by Crippen LogP contribution is -2.44. The number of benzene rings is 1. The molecule has 1 aromatic carbocycles. The molecule has 2 aliphatic heterocycles. The zero-order chi connectivity index (χ0) is 19.8. The fourth-order valence-electron chi connectivity index (χ4n) is 3.84. The van der Waals surface area contributed by atoms with Crippen LogP contribution in [0.25, 0.3) is 11.3 Å². The van der Waals surface area contributed by atoms with Crippen LogP contribution >= 0.6 is 0 Å². The van der Waals surface area contributed by atoms with Gasteiger partial charge in [0.15, 0.2) is 0 Å². The van der Waals surface area contributed by atoms with Crippen LogP contribution in [0, 0.1) is 0 Å². The molecule has 29 heavy (non-hydrogen) atoms. The molecule has 3 heterocycles. The van der Waals surface area contributed by atoms with E-state index >= 15 is 0 Å². The summed E-state index contributed by atoms with van der Waals surface area (Å²) in [6.45, 7) is 5.86. The van der Waals surface area contributed by atoms with Gasteiger partial charge in [-0.05, 0) is 31.9 Å². The van der Waals surface area contributed by atoms with Crippen LogP contribution in [0.15, 0.2) is 24.3 Å². The van der Waals surface area contributed by atoms with Gasteiger partial charge in [-0.2, -0.15) is 0 Å². The number of nitrogens with zero attached hydrogens (tertiary/aromatic N) is 3.